The Morgan fingerprint density at radius 3 is 2.94 bits per heavy atom. The first-order valence-corrected chi connectivity index (χ1v) is 5.80. The van der Waals surface area contributed by atoms with Crippen molar-refractivity contribution in [1.29, 1.82) is 0 Å². The molecule has 1 heterocycles. The Morgan fingerprint density at radius 2 is 2.31 bits per heavy atom. The molecule has 3 heteroatoms. The monoisotopic (exact) mass is 219 g/mol. The van der Waals surface area contributed by atoms with E-state index < -0.39 is 0 Å². The fourth-order valence-corrected chi connectivity index (χ4v) is 1.63. The Hall–Kier alpha value is -1.27. The van der Waals surface area contributed by atoms with Crippen LogP contribution in [0.4, 0.5) is 0 Å². The molecule has 0 radical (unpaired) electrons. The van der Waals surface area contributed by atoms with Crippen molar-refractivity contribution >= 4 is 0 Å². The predicted molar refractivity (Wildman–Crippen MR) is 67.0 cm³/mol. The van der Waals surface area contributed by atoms with Crippen LogP contribution in [0.1, 0.15) is 31.8 Å². The second-order valence-electron chi connectivity index (χ2n) is 4.43. The van der Waals surface area contributed by atoms with Gasteiger partial charge in [0.05, 0.1) is 5.69 Å². The highest BCUT2D eigenvalue weighted by molar-refractivity contribution is 5.05. The van der Waals surface area contributed by atoms with Gasteiger partial charge in [0.1, 0.15) is 5.82 Å². The normalized spacial score (nSPS) is 10.7. The predicted octanol–water partition coefficient (Wildman–Crippen LogP) is 1.96. The average molecular weight is 219 g/mol. The molecule has 0 fully saturated rings. The molecule has 1 aromatic heterocycles. The molecule has 0 atom stereocenters. The summed E-state index contributed by atoms with van der Waals surface area (Å²) in [6, 6.07) is 0. The van der Waals surface area contributed by atoms with E-state index in [4.69, 9.17) is 6.42 Å². The molecule has 1 N–H and O–H groups in total. The van der Waals surface area contributed by atoms with Crippen LogP contribution in [0.15, 0.2) is 6.20 Å². The highest BCUT2D eigenvalue weighted by atomic mass is 15.1. The highest BCUT2D eigenvalue weighted by Gasteiger charge is 2.05. The number of imidazole rings is 1. The molecular weight excluding hydrogens is 198 g/mol. The van der Waals surface area contributed by atoms with Gasteiger partial charge in [-0.15, -0.1) is 12.3 Å². The van der Waals surface area contributed by atoms with E-state index in [1.807, 2.05) is 13.1 Å². The van der Waals surface area contributed by atoms with Gasteiger partial charge in [0.25, 0.3) is 0 Å². The van der Waals surface area contributed by atoms with Crippen molar-refractivity contribution in [2.45, 2.75) is 40.3 Å². The first kappa shape index (κ1) is 12.8. The number of nitrogens with one attached hydrogen (secondary N) is 1. The van der Waals surface area contributed by atoms with Crippen molar-refractivity contribution in [1.82, 2.24) is 14.9 Å². The minimum atomic E-state index is 0.670. The van der Waals surface area contributed by atoms with E-state index in [1.54, 1.807) is 0 Å². The molecule has 0 unspecified atom stereocenters. The Bertz CT molecular complexity index is 358. The topological polar surface area (TPSA) is 29.9 Å². The summed E-state index contributed by atoms with van der Waals surface area (Å²) in [5.41, 5.74) is 1.22. The lowest BCUT2D eigenvalue weighted by Crippen LogP contribution is -2.21. The van der Waals surface area contributed by atoms with Gasteiger partial charge in [-0.3, -0.25) is 0 Å². The summed E-state index contributed by atoms with van der Waals surface area (Å²) in [6.45, 7) is 9.17. The first-order chi connectivity index (χ1) is 7.65. The van der Waals surface area contributed by atoms with Crippen molar-refractivity contribution in [2.24, 2.45) is 5.92 Å². The Morgan fingerprint density at radius 1 is 1.56 bits per heavy atom. The van der Waals surface area contributed by atoms with Crippen molar-refractivity contribution in [3.05, 3.63) is 17.7 Å². The third kappa shape index (κ3) is 3.71. The summed E-state index contributed by atoms with van der Waals surface area (Å²) in [5.74, 6) is 4.37. The first-order valence-electron chi connectivity index (χ1n) is 5.80. The van der Waals surface area contributed by atoms with Crippen LogP contribution in [0.3, 0.4) is 0 Å². The van der Waals surface area contributed by atoms with Gasteiger partial charge in [-0.25, -0.2) is 4.98 Å². The molecule has 0 aromatic carbocycles. The molecule has 16 heavy (non-hydrogen) atoms. The molecule has 0 aliphatic heterocycles. The maximum atomic E-state index is 5.29. The molecule has 0 amide bonds. The minimum absolute atomic E-state index is 0.670. The van der Waals surface area contributed by atoms with Gasteiger partial charge in [-0.05, 0) is 19.4 Å². The number of nitrogens with zero attached hydrogens (tertiary/aromatic N) is 2. The fraction of sp³-hybridized carbons (Fsp3) is 0.615. The maximum Gasteiger partial charge on any atom is 0.105 e. The second kappa shape index (κ2) is 6.34. The number of hydrogen-bond acceptors (Lipinski definition) is 2. The molecule has 0 saturated carbocycles. The summed E-state index contributed by atoms with van der Waals surface area (Å²) in [7, 11) is 0. The maximum absolute atomic E-state index is 5.29. The zero-order chi connectivity index (χ0) is 12.0. The van der Waals surface area contributed by atoms with E-state index in [-0.39, 0.29) is 0 Å². The van der Waals surface area contributed by atoms with Crippen LogP contribution in [0.2, 0.25) is 0 Å². The zero-order valence-electron chi connectivity index (χ0n) is 10.5. The summed E-state index contributed by atoms with van der Waals surface area (Å²) < 4.78 is 2.19. The van der Waals surface area contributed by atoms with Gasteiger partial charge in [-0.1, -0.05) is 13.8 Å². The minimum Gasteiger partial charge on any atom is -0.330 e. The van der Waals surface area contributed by atoms with Gasteiger partial charge < -0.3 is 9.88 Å². The Balaban J connectivity index is 2.55. The lowest BCUT2D eigenvalue weighted by Gasteiger charge is -2.10. The van der Waals surface area contributed by atoms with Gasteiger partial charge in [0.15, 0.2) is 0 Å². The van der Waals surface area contributed by atoms with E-state index >= 15 is 0 Å². The third-order valence-electron chi connectivity index (χ3n) is 2.48. The largest absolute Gasteiger partial charge is 0.330 e. The quantitative estimate of drug-likeness (QED) is 0.741. The molecular formula is C13H21N3. The van der Waals surface area contributed by atoms with E-state index in [1.165, 1.54) is 5.69 Å². The summed E-state index contributed by atoms with van der Waals surface area (Å²) >= 11 is 0. The van der Waals surface area contributed by atoms with E-state index in [2.05, 4.69) is 34.6 Å². The molecule has 88 valence electrons. The zero-order valence-corrected chi connectivity index (χ0v) is 10.5. The number of aryl methyl sites for hydroxylation is 1. The van der Waals surface area contributed by atoms with Gasteiger partial charge in [-0.2, -0.15) is 0 Å². The van der Waals surface area contributed by atoms with Crippen LogP contribution in [-0.4, -0.2) is 16.1 Å². The fourth-order valence-electron chi connectivity index (χ4n) is 1.63. The molecule has 0 aliphatic carbocycles. The summed E-state index contributed by atoms with van der Waals surface area (Å²) in [5, 5.41) is 3.42. The van der Waals surface area contributed by atoms with Crippen molar-refractivity contribution < 1.29 is 0 Å². The lowest BCUT2D eigenvalue weighted by atomic mass is 10.2. The van der Waals surface area contributed by atoms with Crippen molar-refractivity contribution in [3.63, 3.8) is 0 Å². The Kier molecular flexibility index (Phi) is 5.07. The highest BCUT2D eigenvalue weighted by Crippen LogP contribution is 2.05. The number of aromatic nitrogens is 2. The van der Waals surface area contributed by atoms with Gasteiger partial charge in [0.2, 0.25) is 0 Å². The van der Waals surface area contributed by atoms with Crippen molar-refractivity contribution in [2.75, 3.05) is 6.54 Å². The number of hydrogen-bond donors (Lipinski definition) is 1. The van der Waals surface area contributed by atoms with Crippen LogP contribution < -0.4 is 5.32 Å². The molecule has 1 rings (SSSR count). The van der Waals surface area contributed by atoms with Crippen molar-refractivity contribution in [3.8, 4) is 12.3 Å². The second-order valence-corrected chi connectivity index (χ2v) is 4.43. The summed E-state index contributed by atoms with van der Waals surface area (Å²) in [6.07, 6.45) is 7.97. The molecule has 0 saturated heterocycles. The Labute approximate surface area is 98.3 Å². The number of terminal acetylenes is 1. The van der Waals surface area contributed by atoms with Crippen LogP contribution in [0.5, 0.6) is 0 Å². The molecule has 3 nitrogen and oxygen atoms in total. The summed E-state index contributed by atoms with van der Waals surface area (Å²) in [4.78, 5) is 4.32. The molecule has 1 aromatic rings. The van der Waals surface area contributed by atoms with Crippen LogP contribution in [0, 0.1) is 25.2 Å². The van der Waals surface area contributed by atoms with Crippen LogP contribution in [0.25, 0.3) is 0 Å². The van der Waals surface area contributed by atoms with Gasteiger partial charge >= 0.3 is 0 Å². The van der Waals surface area contributed by atoms with Gasteiger partial charge in [0, 0.05) is 25.7 Å². The number of rotatable bonds is 6. The lowest BCUT2D eigenvalue weighted by molar-refractivity contribution is 0.533. The van der Waals surface area contributed by atoms with E-state index in [0.29, 0.717) is 5.92 Å². The average Bonchev–Trinajstić information content (AvgIpc) is 2.57. The van der Waals surface area contributed by atoms with E-state index in [9.17, 15) is 0 Å². The molecule has 0 bridgehead atoms. The third-order valence-corrected chi connectivity index (χ3v) is 2.48. The van der Waals surface area contributed by atoms with E-state index in [0.717, 1.165) is 31.9 Å². The molecule has 0 spiro atoms. The van der Waals surface area contributed by atoms with Crippen LogP contribution in [-0.2, 0) is 13.1 Å². The SMILES string of the molecule is C#CCCn1c(CNCC(C)C)cnc1C. The van der Waals surface area contributed by atoms with Crippen LogP contribution >= 0.6 is 0 Å². The smallest absolute Gasteiger partial charge is 0.105 e. The standard InChI is InChI=1S/C13H21N3/c1-5-6-7-16-12(4)15-10-13(16)9-14-8-11(2)3/h1,10-11,14H,6-9H2,2-4H3. The molecule has 0 aliphatic rings.